The summed E-state index contributed by atoms with van der Waals surface area (Å²) in [5.41, 5.74) is 1.57. The van der Waals surface area contributed by atoms with Gasteiger partial charge in [0, 0.05) is 11.7 Å². The number of nitrogens with one attached hydrogen (secondary N) is 2. The molecule has 88 valence electrons. The first-order valence-electron chi connectivity index (χ1n) is 5.28. The van der Waals surface area contributed by atoms with E-state index >= 15 is 0 Å². The average Bonchev–Trinajstić information content (AvgIpc) is 2.15. The van der Waals surface area contributed by atoms with Crippen molar-refractivity contribution in [2.45, 2.75) is 26.8 Å². The monoisotopic (exact) mass is 224 g/mol. The van der Waals surface area contributed by atoms with Crippen molar-refractivity contribution in [1.82, 2.24) is 5.32 Å². The summed E-state index contributed by atoms with van der Waals surface area (Å²) < 4.78 is 12.8. The minimum atomic E-state index is -0.269. The van der Waals surface area contributed by atoms with Gasteiger partial charge in [0.1, 0.15) is 5.82 Å². The molecule has 0 spiro atoms. The summed E-state index contributed by atoms with van der Waals surface area (Å²) in [6, 6.07) is 4.56. The van der Waals surface area contributed by atoms with Crippen LogP contribution in [0.2, 0.25) is 0 Å². The number of halogens is 1. The summed E-state index contributed by atoms with van der Waals surface area (Å²) in [6.45, 7) is 5.80. The summed E-state index contributed by atoms with van der Waals surface area (Å²) in [6.07, 6.45) is 0. The summed E-state index contributed by atoms with van der Waals surface area (Å²) >= 11 is 0. The Balaban J connectivity index is 2.51. The van der Waals surface area contributed by atoms with E-state index in [1.165, 1.54) is 12.1 Å². The second kappa shape index (κ2) is 5.49. The molecule has 1 aromatic rings. The first-order chi connectivity index (χ1) is 7.49. The number of hydrogen-bond acceptors (Lipinski definition) is 2. The molecule has 1 rings (SSSR count). The highest BCUT2D eigenvalue weighted by atomic mass is 19.1. The number of hydrogen-bond donors (Lipinski definition) is 2. The SMILES string of the molecule is Cc1cc(F)ccc1NCC(=O)NC(C)C. The van der Waals surface area contributed by atoms with Crippen LogP contribution in [0.4, 0.5) is 10.1 Å². The number of aryl methyl sites for hydroxylation is 1. The molecule has 0 aliphatic carbocycles. The Hall–Kier alpha value is -1.58. The molecule has 0 atom stereocenters. The van der Waals surface area contributed by atoms with Crippen LogP contribution in [0.15, 0.2) is 18.2 Å². The van der Waals surface area contributed by atoms with E-state index in [9.17, 15) is 9.18 Å². The molecule has 3 nitrogen and oxygen atoms in total. The third-order valence-corrected chi connectivity index (χ3v) is 2.08. The lowest BCUT2D eigenvalue weighted by Gasteiger charge is -2.11. The Morgan fingerprint density at radius 2 is 2.12 bits per heavy atom. The van der Waals surface area contributed by atoms with Crippen LogP contribution in [-0.4, -0.2) is 18.5 Å². The van der Waals surface area contributed by atoms with Crippen molar-refractivity contribution in [2.75, 3.05) is 11.9 Å². The number of rotatable bonds is 4. The first-order valence-corrected chi connectivity index (χ1v) is 5.28. The fourth-order valence-corrected chi connectivity index (χ4v) is 1.37. The number of carbonyl (C=O) groups excluding carboxylic acids is 1. The normalized spacial score (nSPS) is 10.3. The van der Waals surface area contributed by atoms with Gasteiger partial charge in [0.25, 0.3) is 0 Å². The van der Waals surface area contributed by atoms with Crippen LogP contribution in [0.5, 0.6) is 0 Å². The largest absolute Gasteiger partial charge is 0.376 e. The number of anilines is 1. The Bertz CT molecular complexity index is 377. The van der Waals surface area contributed by atoms with Gasteiger partial charge >= 0.3 is 0 Å². The van der Waals surface area contributed by atoms with E-state index in [0.29, 0.717) is 0 Å². The fraction of sp³-hybridized carbons (Fsp3) is 0.417. The van der Waals surface area contributed by atoms with Crippen molar-refractivity contribution in [2.24, 2.45) is 0 Å². The Morgan fingerprint density at radius 1 is 1.44 bits per heavy atom. The molecular weight excluding hydrogens is 207 g/mol. The molecular formula is C12H17FN2O. The molecule has 0 fully saturated rings. The Morgan fingerprint density at radius 3 is 2.69 bits per heavy atom. The summed E-state index contributed by atoms with van der Waals surface area (Å²) in [7, 11) is 0. The van der Waals surface area contributed by atoms with E-state index in [0.717, 1.165) is 11.3 Å². The van der Waals surface area contributed by atoms with Crippen LogP contribution in [-0.2, 0) is 4.79 Å². The van der Waals surface area contributed by atoms with Crippen molar-refractivity contribution in [3.05, 3.63) is 29.6 Å². The third kappa shape index (κ3) is 3.88. The van der Waals surface area contributed by atoms with Crippen LogP contribution < -0.4 is 10.6 Å². The van der Waals surface area contributed by atoms with Crippen molar-refractivity contribution < 1.29 is 9.18 Å². The van der Waals surface area contributed by atoms with E-state index in [1.807, 2.05) is 13.8 Å². The second-order valence-electron chi connectivity index (χ2n) is 4.04. The van der Waals surface area contributed by atoms with Crippen LogP contribution in [0.25, 0.3) is 0 Å². The molecule has 2 N–H and O–H groups in total. The van der Waals surface area contributed by atoms with Crippen LogP contribution in [0, 0.1) is 12.7 Å². The zero-order valence-electron chi connectivity index (χ0n) is 9.80. The van der Waals surface area contributed by atoms with Crippen molar-refractivity contribution in [3.8, 4) is 0 Å². The van der Waals surface area contributed by atoms with Gasteiger partial charge in [-0.3, -0.25) is 4.79 Å². The maximum atomic E-state index is 12.8. The zero-order chi connectivity index (χ0) is 12.1. The van der Waals surface area contributed by atoms with Gasteiger partial charge < -0.3 is 10.6 Å². The smallest absolute Gasteiger partial charge is 0.239 e. The first kappa shape index (κ1) is 12.5. The Kier molecular flexibility index (Phi) is 4.28. The van der Waals surface area contributed by atoms with Crippen LogP contribution in [0.1, 0.15) is 19.4 Å². The lowest BCUT2D eigenvalue weighted by molar-refractivity contribution is -0.119. The standard InChI is InChI=1S/C12H17FN2O/c1-8(2)15-12(16)7-14-11-5-4-10(13)6-9(11)3/h4-6,8,14H,7H2,1-3H3,(H,15,16). The topological polar surface area (TPSA) is 41.1 Å². The summed E-state index contributed by atoms with van der Waals surface area (Å²) in [5.74, 6) is -0.339. The van der Waals surface area contributed by atoms with Gasteiger partial charge in [0.2, 0.25) is 5.91 Å². The molecule has 0 saturated heterocycles. The van der Waals surface area contributed by atoms with Crippen molar-refractivity contribution in [3.63, 3.8) is 0 Å². The zero-order valence-corrected chi connectivity index (χ0v) is 9.80. The van der Waals surface area contributed by atoms with Gasteiger partial charge in [-0.2, -0.15) is 0 Å². The molecule has 1 amide bonds. The van der Waals surface area contributed by atoms with E-state index in [-0.39, 0.29) is 24.3 Å². The maximum Gasteiger partial charge on any atom is 0.239 e. The molecule has 0 bridgehead atoms. The minimum absolute atomic E-state index is 0.0706. The summed E-state index contributed by atoms with van der Waals surface area (Å²) in [5, 5.41) is 5.73. The van der Waals surface area contributed by atoms with Gasteiger partial charge in [0.05, 0.1) is 6.54 Å². The van der Waals surface area contributed by atoms with Crippen LogP contribution in [0.3, 0.4) is 0 Å². The van der Waals surface area contributed by atoms with Crippen molar-refractivity contribution in [1.29, 1.82) is 0 Å². The van der Waals surface area contributed by atoms with Gasteiger partial charge in [0.15, 0.2) is 0 Å². The molecule has 0 aliphatic rings. The number of amides is 1. The number of carbonyl (C=O) groups is 1. The minimum Gasteiger partial charge on any atom is -0.376 e. The highest BCUT2D eigenvalue weighted by Crippen LogP contribution is 2.14. The molecule has 0 radical (unpaired) electrons. The second-order valence-corrected chi connectivity index (χ2v) is 4.04. The lowest BCUT2D eigenvalue weighted by atomic mass is 10.2. The Labute approximate surface area is 95.0 Å². The molecule has 0 saturated carbocycles. The highest BCUT2D eigenvalue weighted by Gasteiger charge is 2.04. The predicted octanol–water partition coefficient (Wildman–Crippen LogP) is 2.07. The highest BCUT2D eigenvalue weighted by molar-refractivity contribution is 5.81. The van der Waals surface area contributed by atoms with Gasteiger partial charge in [-0.25, -0.2) is 4.39 Å². The third-order valence-electron chi connectivity index (χ3n) is 2.08. The maximum absolute atomic E-state index is 12.8. The van der Waals surface area contributed by atoms with E-state index < -0.39 is 0 Å². The van der Waals surface area contributed by atoms with Crippen molar-refractivity contribution >= 4 is 11.6 Å². The lowest BCUT2D eigenvalue weighted by Crippen LogP contribution is -2.34. The molecule has 4 heteroatoms. The molecule has 0 heterocycles. The molecule has 1 aromatic carbocycles. The van der Waals surface area contributed by atoms with E-state index in [4.69, 9.17) is 0 Å². The van der Waals surface area contributed by atoms with Gasteiger partial charge in [-0.05, 0) is 44.5 Å². The number of benzene rings is 1. The van der Waals surface area contributed by atoms with Crippen LogP contribution >= 0.6 is 0 Å². The predicted molar refractivity (Wildman–Crippen MR) is 62.9 cm³/mol. The van der Waals surface area contributed by atoms with E-state index in [1.54, 1.807) is 13.0 Å². The van der Waals surface area contributed by atoms with Gasteiger partial charge in [-0.1, -0.05) is 0 Å². The average molecular weight is 224 g/mol. The molecule has 0 unspecified atom stereocenters. The quantitative estimate of drug-likeness (QED) is 0.822. The molecule has 16 heavy (non-hydrogen) atoms. The fourth-order valence-electron chi connectivity index (χ4n) is 1.37. The van der Waals surface area contributed by atoms with E-state index in [2.05, 4.69) is 10.6 Å². The molecule has 0 aromatic heterocycles. The summed E-state index contributed by atoms with van der Waals surface area (Å²) in [4.78, 5) is 11.4. The van der Waals surface area contributed by atoms with Gasteiger partial charge in [-0.15, -0.1) is 0 Å². The molecule has 0 aliphatic heterocycles.